The van der Waals surface area contributed by atoms with Crippen LogP contribution in [-0.2, 0) is 11.2 Å². The highest BCUT2D eigenvalue weighted by atomic mass is 79.9. The lowest BCUT2D eigenvalue weighted by atomic mass is 10.1. The van der Waals surface area contributed by atoms with E-state index in [1.807, 2.05) is 18.2 Å². The molecule has 7 heteroatoms. The third-order valence-electron chi connectivity index (χ3n) is 3.39. The highest BCUT2D eigenvalue weighted by molar-refractivity contribution is 9.10. The van der Waals surface area contributed by atoms with Gasteiger partial charge in [-0.15, -0.1) is 0 Å². The number of nitrogens with one attached hydrogen (secondary N) is 1. The molecular formula is C18H18BrNO5. The first-order valence-electron chi connectivity index (χ1n) is 7.50. The Kier molecular flexibility index (Phi) is 6.82. The van der Waals surface area contributed by atoms with Crippen molar-refractivity contribution in [3.05, 3.63) is 58.1 Å². The topological polar surface area (TPSA) is 73.9 Å². The van der Waals surface area contributed by atoms with Crippen LogP contribution in [0.1, 0.15) is 15.9 Å². The van der Waals surface area contributed by atoms with Crippen molar-refractivity contribution in [1.82, 2.24) is 5.32 Å². The molecule has 6 nitrogen and oxygen atoms in total. The second-order valence-electron chi connectivity index (χ2n) is 5.02. The lowest BCUT2D eigenvalue weighted by Gasteiger charge is -2.10. The first-order valence-corrected chi connectivity index (χ1v) is 8.30. The second-order valence-corrected chi connectivity index (χ2v) is 5.88. The summed E-state index contributed by atoms with van der Waals surface area (Å²) in [6.45, 7) is 0.379. The van der Waals surface area contributed by atoms with E-state index in [1.165, 1.54) is 19.2 Å². The number of halogens is 1. The summed E-state index contributed by atoms with van der Waals surface area (Å²) in [5.41, 5.74) is 1.20. The summed E-state index contributed by atoms with van der Waals surface area (Å²) >= 11 is 3.39. The molecule has 1 N–H and O–H groups in total. The molecule has 0 atom stereocenters. The van der Waals surface area contributed by atoms with Crippen molar-refractivity contribution in [2.45, 2.75) is 6.42 Å². The van der Waals surface area contributed by atoms with Gasteiger partial charge in [0.15, 0.2) is 0 Å². The Bertz CT molecular complexity index is 763. The number of hydrogen-bond acceptors (Lipinski definition) is 5. The van der Waals surface area contributed by atoms with Gasteiger partial charge >= 0.3 is 12.1 Å². The van der Waals surface area contributed by atoms with Gasteiger partial charge < -0.3 is 19.5 Å². The summed E-state index contributed by atoms with van der Waals surface area (Å²) in [6, 6.07) is 12.1. The average Bonchev–Trinajstić information content (AvgIpc) is 2.63. The fourth-order valence-electron chi connectivity index (χ4n) is 2.14. The van der Waals surface area contributed by atoms with Crippen LogP contribution in [0.3, 0.4) is 0 Å². The summed E-state index contributed by atoms with van der Waals surface area (Å²) in [7, 11) is 2.86. The van der Waals surface area contributed by atoms with Crippen LogP contribution in [0.15, 0.2) is 46.9 Å². The van der Waals surface area contributed by atoms with Crippen molar-refractivity contribution in [3.8, 4) is 11.5 Å². The molecule has 0 aliphatic carbocycles. The molecule has 2 rings (SSSR count). The van der Waals surface area contributed by atoms with E-state index in [9.17, 15) is 9.59 Å². The Morgan fingerprint density at radius 2 is 1.84 bits per heavy atom. The molecule has 2 aromatic rings. The number of para-hydroxylation sites is 1. The molecule has 0 saturated heterocycles. The van der Waals surface area contributed by atoms with Gasteiger partial charge in [0.1, 0.15) is 17.1 Å². The lowest BCUT2D eigenvalue weighted by Crippen LogP contribution is -2.29. The van der Waals surface area contributed by atoms with Crippen LogP contribution >= 0.6 is 15.9 Å². The highest BCUT2D eigenvalue weighted by Crippen LogP contribution is 2.25. The Hall–Kier alpha value is -2.54. The van der Waals surface area contributed by atoms with Crippen molar-refractivity contribution in [3.63, 3.8) is 0 Å². The minimum Gasteiger partial charge on any atom is -0.496 e. The number of amides is 1. The second kappa shape index (κ2) is 9.08. The number of methoxy groups -OCH3 is 2. The van der Waals surface area contributed by atoms with Crippen LogP contribution in [0.4, 0.5) is 4.79 Å². The number of esters is 1. The van der Waals surface area contributed by atoms with Gasteiger partial charge in [0, 0.05) is 6.54 Å². The molecular weight excluding hydrogens is 390 g/mol. The first-order chi connectivity index (χ1) is 12.0. The Morgan fingerprint density at radius 3 is 2.56 bits per heavy atom. The number of benzene rings is 2. The molecule has 0 unspecified atom stereocenters. The van der Waals surface area contributed by atoms with Crippen molar-refractivity contribution in [1.29, 1.82) is 0 Å². The fourth-order valence-corrected chi connectivity index (χ4v) is 2.55. The summed E-state index contributed by atoms with van der Waals surface area (Å²) < 4.78 is 16.0. The smallest absolute Gasteiger partial charge is 0.412 e. The lowest BCUT2D eigenvalue weighted by molar-refractivity contribution is 0.0598. The summed E-state index contributed by atoms with van der Waals surface area (Å²) in [5.74, 6) is 0.314. The molecule has 132 valence electrons. The molecule has 0 heterocycles. The maximum atomic E-state index is 11.9. The summed E-state index contributed by atoms with van der Waals surface area (Å²) in [6.07, 6.45) is -0.0300. The SMILES string of the molecule is COC(=O)c1ccccc1OC(=O)NCCc1ccc(Br)c(OC)c1. The zero-order valence-electron chi connectivity index (χ0n) is 13.9. The monoisotopic (exact) mass is 407 g/mol. The van der Waals surface area contributed by atoms with Gasteiger partial charge in [-0.2, -0.15) is 0 Å². The van der Waals surface area contributed by atoms with Gasteiger partial charge in [-0.25, -0.2) is 9.59 Å². The molecule has 0 aromatic heterocycles. The third-order valence-corrected chi connectivity index (χ3v) is 4.05. The van der Waals surface area contributed by atoms with Crippen molar-refractivity contribution < 1.29 is 23.8 Å². The van der Waals surface area contributed by atoms with E-state index in [0.29, 0.717) is 13.0 Å². The van der Waals surface area contributed by atoms with Crippen molar-refractivity contribution >= 4 is 28.0 Å². The van der Waals surface area contributed by atoms with Crippen LogP contribution in [0, 0.1) is 0 Å². The average molecular weight is 408 g/mol. The number of carbonyl (C=O) groups excluding carboxylic acids is 2. The third kappa shape index (κ3) is 5.22. The molecule has 0 radical (unpaired) electrons. The molecule has 25 heavy (non-hydrogen) atoms. The molecule has 0 bridgehead atoms. The first kappa shape index (κ1) is 18.8. The van der Waals surface area contributed by atoms with E-state index in [0.717, 1.165) is 15.8 Å². The predicted molar refractivity (Wildman–Crippen MR) is 96.2 cm³/mol. The zero-order chi connectivity index (χ0) is 18.2. The summed E-state index contributed by atoms with van der Waals surface area (Å²) in [4.78, 5) is 23.6. The minimum absolute atomic E-state index is 0.150. The van der Waals surface area contributed by atoms with Crippen LogP contribution < -0.4 is 14.8 Å². The molecule has 0 aliphatic heterocycles. The van der Waals surface area contributed by atoms with E-state index in [2.05, 4.69) is 26.0 Å². The molecule has 2 aromatic carbocycles. The fraction of sp³-hybridized carbons (Fsp3) is 0.222. The van der Waals surface area contributed by atoms with E-state index < -0.39 is 12.1 Å². The normalized spacial score (nSPS) is 10.0. The predicted octanol–water partition coefficient (Wildman–Crippen LogP) is 3.58. The molecule has 0 aliphatic rings. The Balaban J connectivity index is 1.90. The number of carbonyl (C=O) groups is 2. The molecule has 1 amide bonds. The number of hydrogen-bond donors (Lipinski definition) is 1. The van der Waals surface area contributed by atoms with Crippen molar-refractivity contribution in [2.75, 3.05) is 20.8 Å². The Morgan fingerprint density at radius 1 is 1.08 bits per heavy atom. The molecule has 0 saturated carbocycles. The van der Waals surface area contributed by atoms with E-state index in [1.54, 1.807) is 19.2 Å². The molecule has 0 fully saturated rings. The standard InChI is InChI=1S/C18H18BrNO5/c1-23-16-11-12(7-8-14(16)19)9-10-20-18(22)25-15-6-4-3-5-13(15)17(21)24-2/h3-8,11H,9-10H2,1-2H3,(H,20,22). The van der Waals surface area contributed by atoms with E-state index in [-0.39, 0.29) is 11.3 Å². The number of ether oxygens (including phenoxy) is 3. The van der Waals surface area contributed by atoms with E-state index >= 15 is 0 Å². The zero-order valence-corrected chi connectivity index (χ0v) is 15.5. The van der Waals surface area contributed by atoms with Gasteiger partial charge in [0.2, 0.25) is 0 Å². The van der Waals surface area contributed by atoms with Gasteiger partial charge in [0.25, 0.3) is 0 Å². The van der Waals surface area contributed by atoms with Crippen molar-refractivity contribution in [2.24, 2.45) is 0 Å². The maximum Gasteiger partial charge on any atom is 0.412 e. The maximum absolute atomic E-state index is 11.9. The minimum atomic E-state index is -0.638. The number of rotatable bonds is 6. The van der Waals surface area contributed by atoms with Gasteiger partial charge in [-0.1, -0.05) is 18.2 Å². The summed E-state index contributed by atoms with van der Waals surface area (Å²) in [5, 5.41) is 2.65. The van der Waals surface area contributed by atoms with Gasteiger partial charge in [0.05, 0.1) is 18.7 Å². The van der Waals surface area contributed by atoms with Crippen LogP contribution in [0.25, 0.3) is 0 Å². The van der Waals surface area contributed by atoms with Crippen LogP contribution in [0.2, 0.25) is 0 Å². The Labute approximate surface area is 154 Å². The quantitative estimate of drug-likeness (QED) is 0.740. The molecule has 0 spiro atoms. The highest BCUT2D eigenvalue weighted by Gasteiger charge is 2.15. The van der Waals surface area contributed by atoms with E-state index in [4.69, 9.17) is 9.47 Å². The van der Waals surface area contributed by atoms with Crippen LogP contribution in [0.5, 0.6) is 11.5 Å². The van der Waals surface area contributed by atoms with Gasteiger partial charge in [-0.05, 0) is 52.2 Å². The largest absolute Gasteiger partial charge is 0.496 e. The van der Waals surface area contributed by atoms with Gasteiger partial charge in [-0.3, -0.25) is 0 Å². The van der Waals surface area contributed by atoms with Crippen LogP contribution in [-0.4, -0.2) is 32.8 Å².